The van der Waals surface area contributed by atoms with Crippen molar-refractivity contribution in [2.24, 2.45) is 0 Å². The number of aryl methyl sites for hydroxylation is 1. The van der Waals surface area contributed by atoms with Gasteiger partial charge >= 0.3 is 5.63 Å². The van der Waals surface area contributed by atoms with Crippen molar-refractivity contribution in [1.29, 1.82) is 0 Å². The van der Waals surface area contributed by atoms with Crippen LogP contribution in [0, 0.1) is 0 Å². The molecule has 3 aromatic rings. The van der Waals surface area contributed by atoms with Crippen LogP contribution < -0.4 is 15.1 Å². The maximum atomic E-state index is 12.1. The average Bonchev–Trinajstić information content (AvgIpc) is 2.73. The Morgan fingerprint density at radius 3 is 2.41 bits per heavy atom. The normalized spacial score (nSPS) is 11.2. The van der Waals surface area contributed by atoms with Gasteiger partial charge in [0.15, 0.2) is 11.5 Å². The summed E-state index contributed by atoms with van der Waals surface area (Å²) < 4.78 is 16.5. The van der Waals surface area contributed by atoms with Gasteiger partial charge < -0.3 is 13.9 Å². The molecule has 1 aromatic heterocycles. The highest BCUT2D eigenvalue weighted by atomic mass is 16.5. The van der Waals surface area contributed by atoms with Crippen LogP contribution in [0.15, 0.2) is 51.7 Å². The monoisotopic (exact) mass is 395 g/mol. The van der Waals surface area contributed by atoms with E-state index in [0.717, 1.165) is 53.1 Å². The molecule has 0 N–H and O–H groups in total. The van der Waals surface area contributed by atoms with Gasteiger partial charge in [0.2, 0.25) is 0 Å². The van der Waals surface area contributed by atoms with Crippen LogP contribution in [-0.2, 0) is 19.5 Å². The van der Waals surface area contributed by atoms with E-state index >= 15 is 0 Å². The molecular formula is C24H29NO4. The number of fused-ring (bicyclic) bond motifs is 1. The largest absolute Gasteiger partial charge is 0.493 e. The molecule has 0 spiro atoms. The van der Waals surface area contributed by atoms with E-state index in [1.165, 1.54) is 0 Å². The molecule has 154 valence electrons. The molecule has 0 aliphatic rings. The van der Waals surface area contributed by atoms with Gasteiger partial charge in [0, 0.05) is 24.5 Å². The minimum absolute atomic E-state index is 0.306. The lowest BCUT2D eigenvalue weighted by molar-refractivity contribution is 0.270. The number of methoxy groups -OCH3 is 1. The summed E-state index contributed by atoms with van der Waals surface area (Å²) in [5.41, 5.74) is 3.63. The van der Waals surface area contributed by atoms with Crippen molar-refractivity contribution in [3.63, 3.8) is 0 Å². The Labute approximate surface area is 171 Å². The van der Waals surface area contributed by atoms with Crippen LogP contribution in [0.2, 0.25) is 0 Å². The Hall–Kier alpha value is -2.79. The fraction of sp³-hybridized carbons (Fsp3) is 0.375. The predicted molar refractivity (Wildman–Crippen MR) is 116 cm³/mol. The van der Waals surface area contributed by atoms with E-state index in [1.807, 2.05) is 25.1 Å². The molecule has 0 unspecified atom stereocenters. The van der Waals surface area contributed by atoms with Crippen LogP contribution in [0.4, 0.5) is 0 Å². The van der Waals surface area contributed by atoms with Crippen molar-refractivity contribution in [2.45, 2.75) is 40.3 Å². The zero-order valence-electron chi connectivity index (χ0n) is 17.7. The summed E-state index contributed by atoms with van der Waals surface area (Å²) in [6.45, 7) is 9.02. The molecule has 5 nitrogen and oxygen atoms in total. The van der Waals surface area contributed by atoms with Crippen molar-refractivity contribution in [1.82, 2.24) is 4.90 Å². The second-order valence-electron chi connectivity index (χ2n) is 7.00. The third-order valence-electron chi connectivity index (χ3n) is 5.08. The summed E-state index contributed by atoms with van der Waals surface area (Å²) in [5, 5.41) is 0.990. The van der Waals surface area contributed by atoms with E-state index < -0.39 is 0 Å². The molecule has 0 amide bonds. The quantitative estimate of drug-likeness (QED) is 0.488. The van der Waals surface area contributed by atoms with E-state index in [0.29, 0.717) is 18.7 Å². The number of ether oxygens (including phenoxy) is 2. The molecule has 0 saturated carbocycles. The van der Waals surface area contributed by atoms with Gasteiger partial charge in [-0.2, -0.15) is 0 Å². The summed E-state index contributed by atoms with van der Waals surface area (Å²) >= 11 is 0. The summed E-state index contributed by atoms with van der Waals surface area (Å²) in [4.78, 5) is 14.4. The number of hydrogen-bond acceptors (Lipinski definition) is 5. The van der Waals surface area contributed by atoms with E-state index in [1.54, 1.807) is 13.2 Å². The molecule has 0 aliphatic heterocycles. The zero-order valence-corrected chi connectivity index (χ0v) is 17.7. The summed E-state index contributed by atoms with van der Waals surface area (Å²) in [6, 6.07) is 13.7. The number of benzene rings is 2. The van der Waals surface area contributed by atoms with Crippen LogP contribution in [0.1, 0.15) is 37.5 Å². The second kappa shape index (κ2) is 9.61. The number of nitrogens with zero attached hydrogens (tertiary/aromatic N) is 1. The molecule has 0 aliphatic carbocycles. The van der Waals surface area contributed by atoms with E-state index in [9.17, 15) is 4.79 Å². The fourth-order valence-electron chi connectivity index (χ4n) is 3.49. The van der Waals surface area contributed by atoms with Crippen molar-refractivity contribution in [2.75, 3.05) is 20.3 Å². The molecule has 1 heterocycles. The highest BCUT2D eigenvalue weighted by Gasteiger charge is 2.13. The van der Waals surface area contributed by atoms with Gasteiger partial charge in [0.1, 0.15) is 5.58 Å². The topological polar surface area (TPSA) is 51.9 Å². The lowest BCUT2D eigenvalue weighted by Crippen LogP contribution is -2.23. The lowest BCUT2D eigenvalue weighted by atomic mass is 10.1. The second-order valence-corrected chi connectivity index (χ2v) is 7.00. The number of hydrogen-bond donors (Lipinski definition) is 0. The molecule has 29 heavy (non-hydrogen) atoms. The van der Waals surface area contributed by atoms with Crippen molar-refractivity contribution in [3.05, 3.63) is 69.6 Å². The van der Waals surface area contributed by atoms with Gasteiger partial charge in [0.25, 0.3) is 0 Å². The lowest BCUT2D eigenvalue weighted by Gasteiger charge is -2.22. The van der Waals surface area contributed by atoms with Crippen LogP contribution >= 0.6 is 0 Å². The SMILES string of the molecule is CCOc1ccc(CN(CC)Cc2cc(=O)oc3cc(CC)ccc23)cc1OC. The molecule has 0 bridgehead atoms. The van der Waals surface area contributed by atoms with Gasteiger partial charge in [-0.3, -0.25) is 4.90 Å². The summed E-state index contributed by atoms with van der Waals surface area (Å²) in [6.07, 6.45) is 0.907. The van der Waals surface area contributed by atoms with Crippen LogP contribution in [0.25, 0.3) is 11.0 Å². The van der Waals surface area contributed by atoms with Crippen molar-refractivity contribution >= 4 is 11.0 Å². The van der Waals surface area contributed by atoms with Gasteiger partial charge in [0.05, 0.1) is 13.7 Å². The summed E-state index contributed by atoms with van der Waals surface area (Å²) in [7, 11) is 1.65. The number of rotatable bonds is 9. The first-order valence-electron chi connectivity index (χ1n) is 10.2. The Morgan fingerprint density at radius 2 is 1.72 bits per heavy atom. The van der Waals surface area contributed by atoms with Crippen LogP contribution in [0.3, 0.4) is 0 Å². The first-order chi connectivity index (χ1) is 14.1. The molecule has 0 atom stereocenters. The van der Waals surface area contributed by atoms with Crippen LogP contribution in [0.5, 0.6) is 11.5 Å². The minimum atomic E-state index is -0.306. The molecule has 3 rings (SSSR count). The molecule has 2 aromatic carbocycles. The first-order valence-corrected chi connectivity index (χ1v) is 10.2. The van der Waals surface area contributed by atoms with Gasteiger partial charge in [-0.15, -0.1) is 0 Å². The zero-order chi connectivity index (χ0) is 20.8. The van der Waals surface area contributed by atoms with Gasteiger partial charge in [-0.1, -0.05) is 32.0 Å². The molecular weight excluding hydrogens is 366 g/mol. The summed E-state index contributed by atoms with van der Waals surface area (Å²) in [5.74, 6) is 1.48. The van der Waals surface area contributed by atoms with Crippen molar-refractivity contribution in [3.8, 4) is 11.5 Å². The Balaban J connectivity index is 1.86. The molecule has 0 saturated heterocycles. The maximum Gasteiger partial charge on any atom is 0.336 e. The first kappa shape index (κ1) is 20.9. The standard InChI is InChI=1S/C24H29NO4/c1-5-17-8-10-20-19(14-24(26)29-22(20)12-17)16-25(6-2)15-18-9-11-21(28-7-3)23(13-18)27-4/h8-14H,5-7,15-16H2,1-4H3. The van der Waals surface area contributed by atoms with Crippen molar-refractivity contribution < 1.29 is 13.9 Å². The highest BCUT2D eigenvalue weighted by molar-refractivity contribution is 5.80. The maximum absolute atomic E-state index is 12.1. The average molecular weight is 395 g/mol. The predicted octanol–water partition coefficient (Wildman–Crippen LogP) is 4.78. The fourth-order valence-corrected chi connectivity index (χ4v) is 3.49. The third kappa shape index (κ3) is 4.98. The van der Waals surface area contributed by atoms with Crippen LogP contribution in [-0.4, -0.2) is 25.2 Å². The van der Waals surface area contributed by atoms with E-state index in [2.05, 4.69) is 36.9 Å². The van der Waals surface area contributed by atoms with Gasteiger partial charge in [-0.25, -0.2) is 4.79 Å². The molecule has 5 heteroatoms. The van der Waals surface area contributed by atoms with E-state index in [-0.39, 0.29) is 5.63 Å². The Morgan fingerprint density at radius 1 is 0.931 bits per heavy atom. The van der Waals surface area contributed by atoms with E-state index in [4.69, 9.17) is 13.9 Å². The highest BCUT2D eigenvalue weighted by Crippen LogP contribution is 2.29. The van der Waals surface area contributed by atoms with Gasteiger partial charge in [-0.05, 0) is 54.8 Å². The Kier molecular flexibility index (Phi) is 6.94. The third-order valence-corrected chi connectivity index (χ3v) is 5.08. The minimum Gasteiger partial charge on any atom is -0.493 e. The Bertz CT molecular complexity index is 1030. The molecule has 0 fully saturated rings. The smallest absolute Gasteiger partial charge is 0.336 e. The molecule has 0 radical (unpaired) electrons.